The summed E-state index contributed by atoms with van der Waals surface area (Å²) in [6.07, 6.45) is 1.73. The molecule has 0 spiro atoms. The van der Waals surface area contributed by atoms with Gasteiger partial charge in [0.05, 0.1) is 11.7 Å². The fourth-order valence-electron chi connectivity index (χ4n) is 1.65. The van der Waals surface area contributed by atoms with Crippen LogP contribution < -0.4 is 5.73 Å². The van der Waals surface area contributed by atoms with Crippen molar-refractivity contribution in [3.05, 3.63) is 47.4 Å². The molecule has 0 amide bonds. The van der Waals surface area contributed by atoms with Gasteiger partial charge in [-0.3, -0.25) is 0 Å². The molecule has 0 saturated carbocycles. The molecule has 18 heavy (non-hydrogen) atoms. The van der Waals surface area contributed by atoms with Gasteiger partial charge in [0.15, 0.2) is 0 Å². The summed E-state index contributed by atoms with van der Waals surface area (Å²) >= 11 is 6.16. The molecule has 2 rings (SSSR count). The molecule has 2 N–H and O–H groups in total. The van der Waals surface area contributed by atoms with Gasteiger partial charge in [-0.25, -0.2) is 9.97 Å². The number of aromatic nitrogens is 2. The van der Waals surface area contributed by atoms with E-state index in [2.05, 4.69) is 23.8 Å². The quantitative estimate of drug-likeness (QED) is 0.921. The molecule has 0 aliphatic rings. The van der Waals surface area contributed by atoms with Crippen LogP contribution in [0.25, 0.3) is 11.3 Å². The van der Waals surface area contributed by atoms with E-state index < -0.39 is 0 Å². The Labute approximate surface area is 112 Å². The van der Waals surface area contributed by atoms with Crippen LogP contribution in [0.5, 0.6) is 0 Å². The molecule has 94 valence electrons. The molecular formula is C14H16ClN3. The summed E-state index contributed by atoms with van der Waals surface area (Å²) in [6, 6.07) is 9.31. The predicted octanol–water partition coefficient (Wildman–Crippen LogP) is 3.45. The minimum absolute atomic E-state index is 0.160. The first kappa shape index (κ1) is 13.0. The van der Waals surface area contributed by atoms with Crippen molar-refractivity contribution in [3.8, 4) is 11.3 Å². The Hall–Kier alpha value is -1.45. The molecule has 0 radical (unpaired) electrons. The second-order valence-corrected chi connectivity index (χ2v) is 4.96. The van der Waals surface area contributed by atoms with Gasteiger partial charge < -0.3 is 5.73 Å². The Morgan fingerprint density at radius 3 is 2.56 bits per heavy atom. The smallest absolute Gasteiger partial charge is 0.145 e. The van der Waals surface area contributed by atoms with Crippen LogP contribution >= 0.6 is 11.6 Å². The number of rotatable bonds is 3. The average Bonchev–Trinajstić information content (AvgIpc) is 2.38. The Morgan fingerprint density at radius 2 is 1.89 bits per heavy atom. The van der Waals surface area contributed by atoms with Crippen LogP contribution in [0.4, 0.5) is 0 Å². The van der Waals surface area contributed by atoms with Crippen LogP contribution in [0.1, 0.15) is 25.7 Å². The van der Waals surface area contributed by atoms with E-state index in [0.717, 1.165) is 11.3 Å². The molecule has 0 bridgehead atoms. The first-order valence-electron chi connectivity index (χ1n) is 5.93. The maximum Gasteiger partial charge on any atom is 0.145 e. The second kappa shape index (κ2) is 5.46. The minimum atomic E-state index is -0.160. The highest BCUT2D eigenvalue weighted by Gasteiger charge is 2.14. The van der Waals surface area contributed by atoms with Crippen molar-refractivity contribution in [1.29, 1.82) is 0 Å². The molecular weight excluding hydrogens is 246 g/mol. The lowest BCUT2D eigenvalue weighted by atomic mass is 10.0. The fourth-order valence-corrected chi connectivity index (χ4v) is 1.88. The number of nitrogens with two attached hydrogens (primary N) is 1. The highest BCUT2D eigenvalue weighted by molar-refractivity contribution is 6.33. The minimum Gasteiger partial charge on any atom is -0.321 e. The fraction of sp³-hybridized carbons (Fsp3) is 0.286. The van der Waals surface area contributed by atoms with Crippen LogP contribution in [-0.2, 0) is 0 Å². The number of nitrogens with zero attached hydrogens (tertiary/aromatic N) is 2. The van der Waals surface area contributed by atoms with E-state index in [9.17, 15) is 0 Å². The van der Waals surface area contributed by atoms with Crippen molar-refractivity contribution >= 4 is 11.6 Å². The molecule has 0 fully saturated rings. The van der Waals surface area contributed by atoms with E-state index in [-0.39, 0.29) is 6.04 Å². The molecule has 4 heteroatoms. The molecule has 0 saturated heterocycles. The van der Waals surface area contributed by atoms with Crippen molar-refractivity contribution in [1.82, 2.24) is 9.97 Å². The molecule has 1 atom stereocenters. The van der Waals surface area contributed by atoms with Gasteiger partial charge in [-0.2, -0.15) is 0 Å². The molecule has 1 aromatic heterocycles. The Balaban J connectivity index is 2.42. The molecule has 2 aromatic rings. The first-order chi connectivity index (χ1) is 8.59. The summed E-state index contributed by atoms with van der Waals surface area (Å²) in [6.45, 7) is 4.10. The third kappa shape index (κ3) is 2.68. The zero-order valence-electron chi connectivity index (χ0n) is 10.5. The van der Waals surface area contributed by atoms with Crippen LogP contribution in [0.2, 0.25) is 5.02 Å². The van der Waals surface area contributed by atoms with E-state index in [0.29, 0.717) is 16.8 Å². The van der Waals surface area contributed by atoms with Crippen LogP contribution in [0.3, 0.4) is 0 Å². The number of benzene rings is 1. The van der Waals surface area contributed by atoms with E-state index in [1.165, 1.54) is 0 Å². The number of halogens is 1. The van der Waals surface area contributed by atoms with E-state index in [4.69, 9.17) is 17.3 Å². The number of hydrogen-bond donors (Lipinski definition) is 1. The Kier molecular flexibility index (Phi) is 3.94. The summed E-state index contributed by atoms with van der Waals surface area (Å²) in [7, 11) is 0. The third-order valence-corrected chi connectivity index (χ3v) is 3.17. The topological polar surface area (TPSA) is 51.8 Å². The Bertz CT molecular complexity index is 540. The van der Waals surface area contributed by atoms with Crippen molar-refractivity contribution < 1.29 is 0 Å². The maximum atomic E-state index is 6.16. The summed E-state index contributed by atoms with van der Waals surface area (Å²) in [5.41, 5.74) is 7.77. The van der Waals surface area contributed by atoms with Crippen molar-refractivity contribution in [2.75, 3.05) is 0 Å². The van der Waals surface area contributed by atoms with Gasteiger partial charge in [0, 0.05) is 16.8 Å². The van der Waals surface area contributed by atoms with E-state index in [1.807, 2.05) is 30.3 Å². The summed E-state index contributed by atoms with van der Waals surface area (Å²) < 4.78 is 0. The standard InChI is InChI=1S/C14H16ClN3/c1-9(2)13(16)14-17-8-7-12(18-14)10-5-3-4-6-11(10)15/h3-9,13H,16H2,1-2H3. The van der Waals surface area contributed by atoms with Gasteiger partial charge in [-0.1, -0.05) is 43.6 Å². The lowest BCUT2D eigenvalue weighted by molar-refractivity contribution is 0.490. The average molecular weight is 262 g/mol. The van der Waals surface area contributed by atoms with Gasteiger partial charge in [0.1, 0.15) is 5.82 Å². The Morgan fingerprint density at radius 1 is 1.17 bits per heavy atom. The molecule has 1 heterocycles. The molecule has 0 aliphatic heterocycles. The molecule has 1 aromatic carbocycles. The van der Waals surface area contributed by atoms with Crippen molar-refractivity contribution in [3.63, 3.8) is 0 Å². The van der Waals surface area contributed by atoms with Gasteiger partial charge in [-0.15, -0.1) is 0 Å². The van der Waals surface area contributed by atoms with E-state index in [1.54, 1.807) is 6.20 Å². The van der Waals surface area contributed by atoms with Crippen LogP contribution in [-0.4, -0.2) is 9.97 Å². The highest BCUT2D eigenvalue weighted by atomic mass is 35.5. The zero-order chi connectivity index (χ0) is 13.1. The van der Waals surface area contributed by atoms with Crippen molar-refractivity contribution in [2.24, 2.45) is 11.7 Å². The second-order valence-electron chi connectivity index (χ2n) is 4.55. The molecule has 1 unspecified atom stereocenters. The summed E-state index contributed by atoms with van der Waals surface area (Å²) in [4.78, 5) is 8.74. The summed E-state index contributed by atoms with van der Waals surface area (Å²) in [5.74, 6) is 0.953. The van der Waals surface area contributed by atoms with Crippen LogP contribution in [0.15, 0.2) is 36.5 Å². The van der Waals surface area contributed by atoms with Gasteiger partial charge in [0.25, 0.3) is 0 Å². The normalized spacial score (nSPS) is 12.7. The largest absolute Gasteiger partial charge is 0.321 e. The third-order valence-electron chi connectivity index (χ3n) is 2.84. The van der Waals surface area contributed by atoms with Crippen molar-refractivity contribution in [2.45, 2.75) is 19.9 Å². The lowest BCUT2D eigenvalue weighted by Crippen LogP contribution is -2.19. The number of hydrogen-bond acceptors (Lipinski definition) is 3. The lowest BCUT2D eigenvalue weighted by Gasteiger charge is -2.14. The monoisotopic (exact) mass is 261 g/mol. The van der Waals surface area contributed by atoms with Gasteiger partial charge in [0.2, 0.25) is 0 Å². The van der Waals surface area contributed by atoms with E-state index >= 15 is 0 Å². The predicted molar refractivity (Wildman–Crippen MR) is 74.2 cm³/mol. The zero-order valence-corrected chi connectivity index (χ0v) is 11.2. The summed E-state index contributed by atoms with van der Waals surface area (Å²) in [5, 5.41) is 0.681. The SMILES string of the molecule is CC(C)C(N)c1nccc(-c2ccccc2Cl)n1. The van der Waals surface area contributed by atoms with Gasteiger partial charge >= 0.3 is 0 Å². The molecule has 3 nitrogen and oxygen atoms in total. The first-order valence-corrected chi connectivity index (χ1v) is 6.31. The van der Waals surface area contributed by atoms with Gasteiger partial charge in [-0.05, 0) is 18.1 Å². The highest BCUT2D eigenvalue weighted by Crippen LogP contribution is 2.26. The molecule has 0 aliphatic carbocycles. The van der Waals surface area contributed by atoms with Crippen LogP contribution in [0, 0.1) is 5.92 Å². The maximum absolute atomic E-state index is 6.16.